The van der Waals surface area contributed by atoms with Crippen LogP contribution in [0, 0.1) is 0 Å². The second-order valence-corrected chi connectivity index (χ2v) is 8.94. The number of hydrogen-bond donors (Lipinski definition) is 2. The lowest BCUT2D eigenvalue weighted by molar-refractivity contribution is -0.113. The SMILES string of the molecule is O=C(CSc1nnc(NCc2ccco2)s1)Nc1ccc(N2CCCCC2)cc1. The number of hydrogen-bond acceptors (Lipinski definition) is 8. The molecule has 1 fully saturated rings. The fraction of sp³-hybridized carbons (Fsp3) is 0.350. The molecule has 1 aliphatic heterocycles. The number of aromatic nitrogens is 2. The van der Waals surface area contributed by atoms with Gasteiger partial charge in [0.2, 0.25) is 11.0 Å². The Morgan fingerprint density at radius 2 is 1.97 bits per heavy atom. The van der Waals surface area contributed by atoms with E-state index in [4.69, 9.17) is 4.42 Å². The minimum atomic E-state index is -0.0546. The van der Waals surface area contributed by atoms with E-state index in [0.717, 1.165) is 28.9 Å². The number of carbonyl (C=O) groups excluding carboxylic acids is 1. The molecule has 152 valence electrons. The number of rotatable bonds is 8. The van der Waals surface area contributed by atoms with Crippen molar-refractivity contribution in [1.82, 2.24) is 10.2 Å². The average molecular weight is 430 g/mol. The summed E-state index contributed by atoms with van der Waals surface area (Å²) in [6.45, 7) is 2.78. The lowest BCUT2D eigenvalue weighted by Gasteiger charge is -2.28. The van der Waals surface area contributed by atoms with Gasteiger partial charge in [0.05, 0.1) is 18.6 Å². The number of furan rings is 1. The van der Waals surface area contributed by atoms with Crippen LogP contribution < -0.4 is 15.5 Å². The maximum atomic E-state index is 12.2. The van der Waals surface area contributed by atoms with E-state index in [-0.39, 0.29) is 5.91 Å². The standard InChI is InChI=1S/C20H23N5O2S2/c26-18(22-15-6-8-16(9-7-15)25-10-2-1-3-11-25)14-28-20-24-23-19(29-20)21-13-17-5-4-12-27-17/h4-9,12H,1-3,10-11,13-14H2,(H,21,23)(H,22,26). The number of nitrogens with zero attached hydrogens (tertiary/aromatic N) is 3. The van der Waals surface area contributed by atoms with E-state index < -0.39 is 0 Å². The summed E-state index contributed by atoms with van der Waals surface area (Å²) in [6.07, 6.45) is 5.46. The molecular weight excluding hydrogens is 406 g/mol. The molecule has 2 aromatic heterocycles. The number of carbonyl (C=O) groups is 1. The quantitative estimate of drug-likeness (QED) is 0.511. The zero-order valence-electron chi connectivity index (χ0n) is 16.0. The molecule has 0 aliphatic carbocycles. The van der Waals surface area contributed by atoms with Gasteiger partial charge in [-0.05, 0) is 55.7 Å². The molecule has 0 radical (unpaired) electrons. The summed E-state index contributed by atoms with van der Waals surface area (Å²) < 4.78 is 6.02. The first-order valence-corrected chi connectivity index (χ1v) is 11.4. The Balaban J connectivity index is 1.21. The van der Waals surface area contributed by atoms with Gasteiger partial charge in [0.25, 0.3) is 0 Å². The smallest absolute Gasteiger partial charge is 0.234 e. The number of piperidine rings is 1. The number of benzene rings is 1. The Bertz CT molecular complexity index is 905. The van der Waals surface area contributed by atoms with Crippen molar-refractivity contribution in [3.8, 4) is 0 Å². The van der Waals surface area contributed by atoms with Gasteiger partial charge < -0.3 is 20.0 Å². The van der Waals surface area contributed by atoms with Crippen LogP contribution in [0.15, 0.2) is 51.4 Å². The van der Waals surface area contributed by atoms with Crippen LogP contribution in [0.3, 0.4) is 0 Å². The molecule has 1 saturated heterocycles. The highest BCUT2D eigenvalue weighted by atomic mass is 32.2. The topological polar surface area (TPSA) is 83.3 Å². The van der Waals surface area contributed by atoms with Crippen molar-refractivity contribution in [2.24, 2.45) is 0 Å². The van der Waals surface area contributed by atoms with Gasteiger partial charge in [0.15, 0.2) is 4.34 Å². The molecule has 0 saturated carbocycles. The van der Waals surface area contributed by atoms with Crippen molar-refractivity contribution in [2.75, 3.05) is 34.4 Å². The molecule has 29 heavy (non-hydrogen) atoms. The predicted octanol–water partition coefficient (Wildman–Crippen LogP) is 4.46. The zero-order chi connectivity index (χ0) is 19.9. The summed E-state index contributed by atoms with van der Waals surface area (Å²) in [7, 11) is 0. The maximum Gasteiger partial charge on any atom is 0.234 e. The lowest BCUT2D eigenvalue weighted by Crippen LogP contribution is -2.29. The number of amides is 1. The number of nitrogens with one attached hydrogen (secondary N) is 2. The highest BCUT2D eigenvalue weighted by Gasteiger charge is 2.12. The Morgan fingerprint density at radius 1 is 1.14 bits per heavy atom. The van der Waals surface area contributed by atoms with Gasteiger partial charge in [-0.2, -0.15) is 0 Å². The van der Waals surface area contributed by atoms with Crippen LogP contribution in [0.5, 0.6) is 0 Å². The lowest BCUT2D eigenvalue weighted by atomic mass is 10.1. The summed E-state index contributed by atoms with van der Waals surface area (Å²) in [5.74, 6) is 1.07. The van der Waals surface area contributed by atoms with Crippen molar-refractivity contribution < 1.29 is 9.21 Å². The molecule has 0 atom stereocenters. The Kier molecular flexibility index (Phi) is 6.68. The normalized spacial score (nSPS) is 14.0. The van der Waals surface area contributed by atoms with Crippen molar-refractivity contribution >= 4 is 45.5 Å². The molecule has 0 bridgehead atoms. The fourth-order valence-corrected chi connectivity index (χ4v) is 4.70. The van der Waals surface area contributed by atoms with Gasteiger partial charge in [-0.1, -0.05) is 23.1 Å². The monoisotopic (exact) mass is 429 g/mol. The highest BCUT2D eigenvalue weighted by molar-refractivity contribution is 8.01. The van der Waals surface area contributed by atoms with Gasteiger partial charge in [-0.15, -0.1) is 10.2 Å². The predicted molar refractivity (Wildman–Crippen MR) is 118 cm³/mol. The van der Waals surface area contributed by atoms with Gasteiger partial charge in [-0.3, -0.25) is 4.79 Å². The van der Waals surface area contributed by atoms with Crippen molar-refractivity contribution in [2.45, 2.75) is 30.1 Å². The summed E-state index contributed by atoms with van der Waals surface area (Å²) in [5, 5.41) is 15.0. The largest absolute Gasteiger partial charge is 0.467 e. The molecule has 7 nitrogen and oxygen atoms in total. The van der Waals surface area contributed by atoms with Crippen LogP contribution in [0.25, 0.3) is 0 Å². The molecule has 1 amide bonds. The zero-order valence-corrected chi connectivity index (χ0v) is 17.6. The molecule has 2 N–H and O–H groups in total. The van der Waals surface area contributed by atoms with Crippen LogP contribution in [0.4, 0.5) is 16.5 Å². The highest BCUT2D eigenvalue weighted by Crippen LogP contribution is 2.26. The second kappa shape index (κ2) is 9.80. The summed E-state index contributed by atoms with van der Waals surface area (Å²) in [4.78, 5) is 14.6. The first kappa shape index (κ1) is 19.8. The third-order valence-corrected chi connectivity index (χ3v) is 6.61. The van der Waals surface area contributed by atoms with E-state index in [0.29, 0.717) is 17.4 Å². The summed E-state index contributed by atoms with van der Waals surface area (Å²) >= 11 is 2.80. The van der Waals surface area contributed by atoms with Crippen molar-refractivity contribution in [3.63, 3.8) is 0 Å². The molecule has 9 heteroatoms. The molecule has 0 unspecified atom stereocenters. The molecule has 3 aromatic rings. The van der Waals surface area contributed by atoms with Crippen LogP contribution in [0.2, 0.25) is 0 Å². The minimum absolute atomic E-state index is 0.0546. The fourth-order valence-electron chi connectivity index (χ4n) is 3.15. The van der Waals surface area contributed by atoms with E-state index >= 15 is 0 Å². The molecule has 1 aliphatic rings. The summed E-state index contributed by atoms with van der Waals surface area (Å²) in [5.41, 5.74) is 2.04. The third-order valence-electron chi connectivity index (χ3n) is 4.60. The number of anilines is 3. The maximum absolute atomic E-state index is 12.2. The molecule has 4 rings (SSSR count). The Labute approximate surface area is 177 Å². The van der Waals surface area contributed by atoms with Gasteiger partial charge >= 0.3 is 0 Å². The van der Waals surface area contributed by atoms with Crippen LogP contribution in [-0.4, -0.2) is 34.9 Å². The van der Waals surface area contributed by atoms with Crippen molar-refractivity contribution in [1.29, 1.82) is 0 Å². The molecule has 1 aromatic carbocycles. The first-order valence-electron chi connectivity index (χ1n) is 9.64. The van der Waals surface area contributed by atoms with Crippen molar-refractivity contribution in [3.05, 3.63) is 48.4 Å². The second-order valence-electron chi connectivity index (χ2n) is 6.74. The number of thioether (sulfide) groups is 1. The van der Waals surface area contributed by atoms with E-state index in [1.165, 1.54) is 48.0 Å². The average Bonchev–Trinajstić information content (AvgIpc) is 3.44. The molecule has 0 spiro atoms. The van der Waals surface area contributed by atoms with Gasteiger partial charge in [0, 0.05) is 24.5 Å². The Hall–Kier alpha value is -2.52. The summed E-state index contributed by atoms with van der Waals surface area (Å²) in [6, 6.07) is 11.8. The van der Waals surface area contributed by atoms with Crippen LogP contribution in [-0.2, 0) is 11.3 Å². The molecule has 3 heterocycles. The minimum Gasteiger partial charge on any atom is -0.467 e. The van der Waals surface area contributed by atoms with E-state index in [1.807, 2.05) is 24.3 Å². The molecular formula is C20H23N5O2S2. The van der Waals surface area contributed by atoms with Gasteiger partial charge in [-0.25, -0.2) is 0 Å². The van der Waals surface area contributed by atoms with Crippen LogP contribution in [0.1, 0.15) is 25.0 Å². The van der Waals surface area contributed by atoms with Crippen LogP contribution >= 0.6 is 23.1 Å². The Morgan fingerprint density at radius 3 is 2.72 bits per heavy atom. The van der Waals surface area contributed by atoms with E-state index in [2.05, 4.69) is 37.9 Å². The van der Waals surface area contributed by atoms with Gasteiger partial charge in [0.1, 0.15) is 5.76 Å². The first-order chi connectivity index (χ1) is 14.3. The van der Waals surface area contributed by atoms with E-state index in [1.54, 1.807) is 6.26 Å². The van der Waals surface area contributed by atoms with E-state index in [9.17, 15) is 4.79 Å². The third kappa shape index (κ3) is 5.74.